The molecule has 2 N–H and O–H groups in total. The van der Waals surface area contributed by atoms with Crippen LogP contribution in [0.5, 0.6) is 11.5 Å². The van der Waals surface area contributed by atoms with Crippen molar-refractivity contribution in [1.29, 1.82) is 0 Å². The third-order valence-corrected chi connectivity index (χ3v) is 5.76. The van der Waals surface area contributed by atoms with Gasteiger partial charge in [0.05, 0.1) is 9.79 Å². The number of phenolic OH excluding ortho intramolecular Hbond substituents is 2. The zero-order valence-electron chi connectivity index (χ0n) is 14.0. The summed E-state index contributed by atoms with van der Waals surface area (Å²) in [5.74, 6) is -1.50. The molecule has 0 aliphatic heterocycles. The molecule has 0 heterocycles. The van der Waals surface area contributed by atoms with Crippen molar-refractivity contribution in [3.8, 4) is 11.5 Å². The Morgan fingerprint density at radius 3 is 2.00 bits per heavy atom. The average Bonchev–Trinajstić information content (AvgIpc) is 2.61. The van der Waals surface area contributed by atoms with Crippen molar-refractivity contribution in [1.82, 2.24) is 0 Å². The fraction of sp³-hybridized carbons (Fsp3) is 0. The van der Waals surface area contributed by atoms with Crippen LogP contribution in [0.15, 0.2) is 62.5 Å². The second-order valence-corrected chi connectivity index (χ2v) is 8.80. The van der Waals surface area contributed by atoms with Crippen molar-refractivity contribution >= 4 is 54.0 Å². The molecule has 10 nitrogen and oxygen atoms in total. The molecule has 29 heavy (non-hydrogen) atoms. The fourth-order valence-corrected chi connectivity index (χ4v) is 4.12. The largest absolute Gasteiger partial charge is 0.744 e. The summed E-state index contributed by atoms with van der Waals surface area (Å²) >= 11 is 5.73. The van der Waals surface area contributed by atoms with E-state index in [2.05, 4.69) is 10.2 Å². The molecule has 0 saturated heterocycles. The van der Waals surface area contributed by atoms with Gasteiger partial charge in [0.25, 0.3) is 0 Å². The number of nitrogens with zero attached hydrogens (tertiary/aromatic N) is 2. The summed E-state index contributed by atoms with van der Waals surface area (Å²) in [6.45, 7) is 0. The van der Waals surface area contributed by atoms with Crippen molar-refractivity contribution in [2.45, 2.75) is 9.79 Å². The normalized spacial score (nSPS) is 12.7. The zero-order chi connectivity index (χ0) is 21.6. The number of benzene rings is 3. The zero-order valence-corrected chi connectivity index (χ0v) is 16.4. The number of rotatable bonds is 4. The maximum atomic E-state index is 11.3. The number of azo groups is 1. The van der Waals surface area contributed by atoms with Gasteiger partial charge in [0, 0.05) is 15.8 Å². The van der Waals surface area contributed by atoms with E-state index in [1.54, 1.807) is 0 Å². The van der Waals surface area contributed by atoms with E-state index >= 15 is 0 Å². The molecular weight excluding hydrogens is 448 g/mol. The van der Waals surface area contributed by atoms with E-state index < -0.39 is 47.2 Å². The molecule has 0 amide bonds. The Labute approximate surface area is 169 Å². The first-order chi connectivity index (χ1) is 13.4. The maximum Gasteiger partial charge on any atom is 0.160 e. The van der Waals surface area contributed by atoms with Gasteiger partial charge in [-0.15, -0.1) is 10.2 Å². The first-order valence-corrected chi connectivity index (χ1v) is 10.7. The van der Waals surface area contributed by atoms with E-state index in [0.717, 1.165) is 24.3 Å². The highest BCUT2D eigenvalue weighted by molar-refractivity contribution is 7.86. The Hall–Kier alpha value is -2.77. The number of halogens is 1. The molecule has 0 fully saturated rings. The summed E-state index contributed by atoms with van der Waals surface area (Å²) in [5.41, 5.74) is -0.647. The van der Waals surface area contributed by atoms with Gasteiger partial charge in [-0.1, -0.05) is 29.8 Å². The van der Waals surface area contributed by atoms with Gasteiger partial charge in [-0.3, -0.25) is 0 Å². The first-order valence-electron chi connectivity index (χ1n) is 7.50. The van der Waals surface area contributed by atoms with Gasteiger partial charge >= 0.3 is 0 Å². The van der Waals surface area contributed by atoms with Gasteiger partial charge in [-0.25, -0.2) is 16.8 Å². The molecule has 0 atom stereocenters. The first kappa shape index (κ1) is 21.0. The van der Waals surface area contributed by atoms with Crippen LogP contribution < -0.4 is 0 Å². The molecular formula is C16H9ClN2O8S2-2. The average molecular weight is 457 g/mol. The van der Waals surface area contributed by atoms with Crippen LogP contribution in [0.1, 0.15) is 0 Å². The summed E-state index contributed by atoms with van der Waals surface area (Å²) in [7, 11) is -9.83. The third kappa shape index (κ3) is 4.16. The summed E-state index contributed by atoms with van der Waals surface area (Å²) in [6.07, 6.45) is 0. The predicted octanol–water partition coefficient (Wildman–Crippen LogP) is 3.13. The lowest BCUT2D eigenvalue weighted by Gasteiger charge is -2.12. The summed E-state index contributed by atoms with van der Waals surface area (Å²) in [6, 6.07) is 7.84. The Kier molecular flexibility index (Phi) is 5.23. The summed E-state index contributed by atoms with van der Waals surface area (Å²) in [5, 5.41) is 27.3. The molecule has 0 spiro atoms. The van der Waals surface area contributed by atoms with Crippen LogP contribution in [0.4, 0.5) is 11.4 Å². The molecule has 3 aromatic rings. The second kappa shape index (κ2) is 7.24. The van der Waals surface area contributed by atoms with E-state index in [1.165, 1.54) is 18.2 Å². The van der Waals surface area contributed by atoms with E-state index in [9.17, 15) is 36.2 Å². The van der Waals surface area contributed by atoms with Crippen molar-refractivity contribution in [2.75, 3.05) is 0 Å². The number of hydrogen-bond donors (Lipinski definition) is 2. The SMILES string of the molecule is O=S(=O)([O-])c1cc(Cl)cc(N=Nc2ccc3c(S(=O)(=O)[O-])cccc3c2O)c1O. The lowest BCUT2D eigenvalue weighted by atomic mass is 10.1. The minimum Gasteiger partial charge on any atom is -0.744 e. The lowest BCUT2D eigenvalue weighted by Crippen LogP contribution is -1.99. The summed E-state index contributed by atoms with van der Waals surface area (Å²) in [4.78, 5) is -1.53. The van der Waals surface area contributed by atoms with E-state index in [4.69, 9.17) is 11.6 Å². The quantitative estimate of drug-likeness (QED) is 0.443. The highest BCUT2D eigenvalue weighted by atomic mass is 35.5. The van der Waals surface area contributed by atoms with Crippen molar-refractivity contribution in [2.24, 2.45) is 10.2 Å². The molecule has 3 rings (SSSR count). The van der Waals surface area contributed by atoms with Crippen LogP contribution in [-0.2, 0) is 20.2 Å². The van der Waals surface area contributed by atoms with E-state index in [1.807, 2.05) is 0 Å². The van der Waals surface area contributed by atoms with Crippen LogP contribution in [0, 0.1) is 0 Å². The Bertz CT molecular complexity index is 1390. The van der Waals surface area contributed by atoms with Gasteiger partial charge in [0.15, 0.2) is 11.5 Å². The lowest BCUT2D eigenvalue weighted by molar-refractivity contribution is 0.435. The minimum atomic E-state index is -5.04. The Morgan fingerprint density at radius 2 is 1.38 bits per heavy atom. The number of fused-ring (bicyclic) bond motifs is 1. The highest BCUT2D eigenvalue weighted by Crippen LogP contribution is 2.40. The number of phenols is 2. The molecule has 0 aliphatic rings. The maximum absolute atomic E-state index is 11.3. The third-order valence-electron chi connectivity index (χ3n) is 3.80. The molecule has 0 unspecified atom stereocenters. The van der Waals surface area contributed by atoms with Gasteiger partial charge in [0.1, 0.15) is 31.6 Å². The molecule has 0 aliphatic carbocycles. The summed E-state index contributed by atoms with van der Waals surface area (Å²) < 4.78 is 67.6. The van der Waals surface area contributed by atoms with Crippen LogP contribution in [0.3, 0.4) is 0 Å². The minimum absolute atomic E-state index is 0.00323. The smallest absolute Gasteiger partial charge is 0.160 e. The predicted molar refractivity (Wildman–Crippen MR) is 98.8 cm³/mol. The van der Waals surface area contributed by atoms with Crippen LogP contribution >= 0.6 is 11.6 Å². The molecule has 0 aromatic heterocycles. The Morgan fingerprint density at radius 1 is 0.759 bits per heavy atom. The van der Waals surface area contributed by atoms with E-state index in [-0.39, 0.29) is 21.5 Å². The molecule has 3 aromatic carbocycles. The van der Waals surface area contributed by atoms with Gasteiger partial charge in [0.2, 0.25) is 0 Å². The second-order valence-electron chi connectivity index (χ2n) is 5.66. The molecule has 152 valence electrons. The van der Waals surface area contributed by atoms with Crippen LogP contribution in [-0.4, -0.2) is 36.2 Å². The molecule has 13 heteroatoms. The van der Waals surface area contributed by atoms with Crippen molar-refractivity contribution < 1.29 is 36.2 Å². The topological polar surface area (TPSA) is 180 Å². The van der Waals surface area contributed by atoms with Crippen molar-refractivity contribution in [3.05, 3.63) is 47.5 Å². The molecule has 0 bridgehead atoms. The monoisotopic (exact) mass is 456 g/mol. The van der Waals surface area contributed by atoms with Gasteiger partial charge < -0.3 is 19.3 Å². The highest BCUT2D eigenvalue weighted by Gasteiger charge is 2.16. The van der Waals surface area contributed by atoms with Gasteiger partial charge in [-0.2, -0.15) is 0 Å². The molecule has 0 radical (unpaired) electrons. The van der Waals surface area contributed by atoms with Crippen LogP contribution in [0.25, 0.3) is 10.8 Å². The van der Waals surface area contributed by atoms with Crippen LogP contribution in [0.2, 0.25) is 5.02 Å². The van der Waals surface area contributed by atoms with E-state index in [0.29, 0.717) is 0 Å². The number of aromatic hydroxyl groups is 2. The van der Waals surface area contributed by atoms with Gasteiger partial charge in [-0.05, 0) is 24.3 Å². The standard InChI is InChI=1S/C16H11ClN2O8S2/c17-8-6-12(16(21)14(7-8)29(25,26)27)19-18-11-5-4-9-10(15(11)20)2-1-3-13(9)28(22,23)24/h1-7,20-21H,(H,22,23,24)(H,25,26,27)/p-2. The fourth-order valence-electron chi connectivity index (χ4n) is 2.54. The number of hydrogen-bond acceptors (Lipinski definition) is 10. The Balaban J connectivity index is 2.14. The van der Waals surface area contributed by atoms with Crippen molar-refractivity contribution in [3.63, 3.8) is 0 Å². The molecule has 0 saturated carbocycles.